The monoisotopic (exact) mass is 221 g/mol. The predicted molar refractivity (Wildman–Crippen MR) is 52.9 cm³/mol. The number of nitriles is 1. The molecule has 0 aliphatic carbocycles. The van der Waals surface area contributed by atoms with E-state index in [0.29, 0.717) is 5.56 Å². The molecule has 1 aromatic rings. The topological polar surface area (TPSA) is 23.8 Å². The Morgan fingerprint density at radius 1 is 1.42 bits per heavy atom. The highest BCUT2D eigenvalue weighted by atomic mass is 79.9. The van der Waals surface area contributed by atoms with Gasteiger partial charge in [0.2, 0.25) is 0 Å². The second kappa shape index (κ2) is 4.08. The van der Waals surface area contributed by atoms with Crippen LogP contribution < -0.4 is 0 Å². The average Bonchev–Trinajstić information content (AvgIpc) is 2.05. The van der Waals surface area contributed by atoms with Crippen molar-refractivity contribution in [2.45, 2.75) is 6.42 Å². The minimum atomic E-state index is 0.693. The molecule has 2 heteroatoms. The number of benzene rings is 1. The van der Waals surface area contributed by atoms with Gasteiger partial charge in [-0.15, -0.1) is 0 Å². The minimum absolute atomic E-state index is 0.693. The van der Waals surface area contributed by atoms with Gasteiger partial charge in [-0.3, -0.25) is 0 Å². The lowest BCUT2D eigenvalue weighted by molar-refractivity contribution is 1.26. The van der Waals surface area contributed by atoms with Gasteiger partial charge in [-0.2, -0.15) is 5.26 Å². The Kier molecular flexibility index (Phi) is 3.07. The Morgan fingerprint density at radius 3 is 2.42 bits per heavy atom. The highest BCUT2D eigenvalue weighted by Crippen LogP contribution is 2.11. The number of hydrogen-bond acceptors (Lipinski definition) is 1. The lowest BCUT2D eigenvalue weighted by Crippen LogP contribution is -1.83. The summed E-state index contributed by atoms with van der Waals surface area (Å²) >= 11 is 3.29. The number of hydrogen-bond donors (Lipinski definition) is 0. The number of rotatable bonds is 2. The first-order valence-electron chi connectivity index (χ1n) is 3.54. The molecule has 0 aromatic heterocycles. The molecule has 0 spiro atoms. The van der Waals surface area contributed by atoms with Gasteiger partial charge in [0, 0.05) is 6.42 Å². The van der Waals surface area contributed by atoms with Crippen LogP contribution in [-0.4, -0.2) is 0 Å². The molecule has 0 bridgehead atoms. The van der Waals surface area contributed by atoms with Crippen LogP contribution in [0.2, 0.25) is 0 Å². The maximum absolute atomic E-state index is 8.53. The largest absolute Gasteiger partial charge is 0.192 e. The van der Waals surface area contributed by atoms with Crippen LogP contribution in [0.25, 0.3) is 0 Å². The smallest absolute Gasteiger partial charge is 0.0991 e. The summed E-state index contributed by atoms with van der Waals surface area (Å²) in [6.45, 7) is 3.74. The van der Waals surface area contributed by atoms with Crippen molar-refractivity contribution < 1.29 is 0 Å². The molecule has 60 valence electrons. The molecule has 1 rings (SSSR count). The first-order valence-corrected chi connectivity index (χ1v) is 4.34. The van der Waals surface area contributed by atoms with Gasteiger partial charge >= 0.3 is 0 Å². The predicted octanol–water partition coefficient (Wildman–Crippen LogP) is 3.01. The second-order valence-corrected chi connectivity index (χ2v) is 3.62. The van der Waals surface area contributed by atoms with Gasteiger partial charge in [0.15, 0.2) is 0 Å². The lowest BCUT2D eigenvalue weighted by atomic mass is 10.1. The summed E-state index contributed by atoms with van der Waals surface area (Å²) < 4.78 is 0.951. The normalized spacial score (nSPS) is 9.00. The van der Waals surface area contributed by atoms with E-state index in [2.05, 4.69) is 28.6 Å². The quantitative estimate of drug-likeness (QED) is 0.754. The number of nitrogens with zero attached hydrogens (tertiary/aromatic N) is 1. The van der Waals surface area contributed by atoms with Crippen molar-refractivity contribution in [3.63, 3.8) is 0 Å². The summed E-state index contributed by atoms with van der Waals surface area (Å²) in [4.78, 5) is 0. The Morgan fingerprint density at radius 2 is 2.00 bits per heavy atom. The maximum Gasteiger partial charge on any atom is 0.0991 e. The van der Waals surface area contributed by atoms with E-state index < -0.39 is 0 Å². The van der Waals surface area contributed by atoms with Crippen molar-refractivity contribution in [2.75, 3.05) is 0 Å². The Hall–Kier alpha value is -1.07. The molecule has 0 N–H and O–H groups in total. The highest BCUT2D eigenvalue weighted by molar-refractivity contribution is 9.11. The van der Waals surface area contributed by atoms with Crippen LogP contribution in [0.4, 0.5) is 0 Å². The SMILES string of the molecule is C=C(Br)Cc1ccc(C#N)cc1. The van der Waals surface area contributed by atoms with Crippen LogP contribution in [0, 0.1) is 11.3 Å². The standard InChI is InChI=1S/C10H8BrN/c1-8(11)6-9-2-4-10(7-12)5-3-9/h2-5H,1,6H2. The van der Waals surface area contributed by atoms with Crippen LogP contribution in [0.15, 0.2) is 35.3 Å². The zero-order valence-electron chi connectivity index (χ0n) is 6.55. The van der Waals surface area contributed by atoms with Gasteiger partial charge in [-0.25, -0.2) is 0 Å². The number of halogens is 1. The molecule has 0 radical (unpaired) electrons. The molecule has 0 fully saturated rings. The Balaban J connectivity index is 2.80. The van der Waals surface area contributed by atoms with Crippen LogP contribution >= 0.6 is 15.9 Å². The average molecular weight is 222 g/mol. The Labute approximate surface area is 80.5 Å². The van der Waals surface area contributed by atoms with Crippen molar-refractivity contribution in [3.05, 3.63) is 46.5 Å². The fraction of sp³-hybridized carbons (Fsp3) is 0.100. The third-order valence-electron chi connectivity index (χ3n) is 1.48. The van der Waals surface area contributed by atoms with E-state index in [9.17, 15) is 0 Å². The zero-order valence-corrected chi connectivity index (χ0v) is 8.13. The summed E-state index contributed by atoms with van der Waals surface area (Å²) in [5.74, 6) is 0. The van der Waals surface area contributed by atoms with Crippen molar-refractivity contribution in [3.8, 4) is 6.07 Å². The molecule has 1 aromatic carbocycles. The van der Waals surface area contributed by atoms with Crippen LogP contribution in [-0.2, 0) is 6.42 Å². The molecule has 0 aliphatic heterocycles. The molecule has 0 unspecified atom stereocenters. The molecule has 0 saturated carbocycles. The molecule has 1 nitrogen and oxygen atoms in total. The van der Waals surface area contributed by atoms with Gasteiger partial charge in [0.05, 0.1) is 11.6 Å². The first-order chi connectivity index (χ1) is 5.72. The second-order valence-electron chi connectivity index (χ2n) is 2.50. The van der Waals surface area contributed by atoms with Gasteiger partial charge in [-0.05, 0) is 22.2 Å². The van der Waals surface area contributed by atoms with Gasteiger partial charge in [0.1, 0.15) is 0 Å². The van der Waals surface area contributed by atoms with E-state index in [1.54, 1.807) is 0 Å². The van der Waals surface area contributed by atoms with Crippen LogP contribution in [0.5, 0.6) is 0 Å². The highest BCUT2D eigenvalue weighted by Gasteiger charge is 1.94. The van der Waals surface area contributed by atoms with Crippen LogP contribution in [0.1, 0.15) is 11.1 Å². The molecule has 0 amide bonds. The summed E-state index contributed by atoms with van der Waals surface area (Å²) in [6, 6.07) is 9.57. The third kappa shape index (κ3) is 2.52. The van der Waals surface area contributed by atoms with Gasteiger partial charge in [-0.1, -0.05) is 34.6 Å². The van der Waals surface area contributed by atoms with E-state index in [1.807, 2.05) is 24.3 Å². The maximum atomic E-state index is 8.53. The van der Waals surface area contributed by atoms with E-state index in [1.165, 1.54) is 0 Å². The molecule has 0 atom stereocenters. The summed E-state index contributed by atoms with van der Waals surface area (Å²) in [5.41, 5.74) is 1.86. The Bertz CT molecular complexity index is 319. The molecule has 0 aliphatic rings. The van der Waals surface area contributed by atoms with E-state index in [4.69, 9.17) is 5.26 Å². The van der Waals surface area contributed by atoms with Crippen molar-refractivity contribution in [1.82, 2.24) is 0 Å². The molecule has 12 heavy (non-hydrogen) atoms. The van der Waals surface area contributed by atoms with Crippen molar-refractivity contribution in [1.29, 1.82) is 5.26 Å². The third-order valence-corrected chi connectivity index (χ3v) is 1.76. The lowest BCUT2D eigenvalue weighted by Gasteiger charge is -1.97. The first kappa shape index (κ1) is 9.02. The van der Waals surface area contributed by atoms with Crippen molar-refractivity contribution >= 4 is 15.9 Å². The fourth-order valence-corrected chi connectivity index (χ4v) is 1.24. The molecule has 0 saturated heterocycles. The molecular weight excluding hydrogens is 214 g/mol. The van der Waals surface area contributed by atoms with Gasteiger partial charge < -0.3 is 0 Å². The van der Waals surface area contributed by atoms with E-state index in [0.717, 1.165) is 16.5 Å². The molecule has 0 heterocycles. The minimum Gasteiger partial charge on any atom is -0.192 e. The van der Waals surface area contributed by atoms with Gasteiger partial charge in [0.25, 0.3) is 0 Å². The van der Waals surface area contributed by atoms with Crippen LogP contribution in [0.3, 0.4) is 0 Å². The molecular formula is C10H8BrN. The fourth-order valence-electron chi connectivity index (χ4n) is 0.919. The number of allylic oxidation sites excluding steroid dienone is 1. The van der Waals surface area contributed by atoms with E-state index in [-0.39, 0.29) is 0 Å². The summed E-state index contributed by atoms with van der Waals surface area (Å²) in [5, 5.41) is 8.53. The van der Waals surface area contributed by atoms with Crippen molar-refractivity contribution in [2.24, 2.45) is 0 Å². The summed E-state index contributed by atoms with van der Waals surface area (Å²) in [7, 11) is 0. The summed E-state index contributed by atoms with van der Waals surface area (Å²) in [6.07, 6.45) is 0.811. The van der Waals surface area contributed by atoms with E-state index >= 15 is 0 Å². The zero-order chi connectivity index (χ0) is 8.97.